The molecule has 0 spiro atoms. The number of rotatable bonds is 4. The first kappa shape index (κ1) is 17.7. The molecule has 1 aliphatic heterocycles. The number of ether oxygens (including phenoxy) is 1. The van der Waals surface area contributed by atoms with Gasteiger partial charge in [-0.1, -0.05) is 42.5 Å². The predicted octanol–water partition coefficient (Wildman–Crippen LogP) is 1.48. The lowest BCUT2D eigenvalue weighted by molar-refractivity contribution is -0.120. The first-order valence-electron chi connectivity index (χ1n) is 8.85. The van der Waals surface area contributed by atoms with Gasteiger partial charge in [-0.15, -0.1) is 5.10 Å². The molecule has 2 amide bonds. The number of hydrogen-bond acceptors (Lipinski definition) is 5. The van der Waals surface area contributed by atoms with Gasteiger partial charge < -0.3 is 15.0 Å². The van der Waals surface area contributed by atoms with E-state index in [0.29, 0.717) is 18.0 Å². The lowest BCUT2D eigenvalue weighted by Crippen LogP contribution is -2.49. The van der Waals surface area contributed by atoms with E-state index in [9.17, 15) is 9.59 Å². The van der Waals surface area contributed by atoms with Crippen LogP contribution in [0.5, 0.6) is 5.75 Å². The molecule has 3 aromatic rings. The van der Waals surface area contributed by atoms with Crippen LogP contribution in [0.2, 0.25) is 0 Å². The normalized spacial score (nSPS) is 16.1. The molecule has 2 heterocycles. The first-order valence-corrected chi connectivity index (χ1v) is 8.85. The minimum absolute atomic E-state index is 0.00754. The highest BCUT2D eigenvalue weighted by molar-refractivity contribution is 6.02. The van der Waals surface area contributed by atoms with Crippen molar-refractivity contribution in [1.29, 1.82) is 0 Å². The molecule has 0 fully saturated rings. The summed E-state index contributed by atoms with van der Waals surface area (Å²) in [6.07, 6.45) is 1.50. The fourth-order valence-corrected chi connectivity index (χ4v) is 3.02. The number of hydrogen-bond donors (Lipinski definition) is 1. The Bertz CT molecular complexity index is 1000. The molecule has 0 radical (unpaired) electrons. The molecular formula is C20H19N5O3. The number of nitrogens with zero attached hydrogens (tertiary/aromatic N) is 4. The fraction of sp³-hybridized carbons (Fsp3) is 0.200. The summed E-state index contributed by atoms with van der Waals surface area (Å²) in [5.41, 5.74) is 1.71. The zero-order chi connectivity index (χ0) is 19.5. The average molecular weight is 377 g/mol. The number of fused-ring (bicyclic) bond motifs is 1. The van der Waals surface area contributed by atoms with Crippen molar-refractivity contribution in [2.45, 2.75) is 12.6 Å². The Labute approximate surface area is 161 Å². The van der Waals surface area contributed by atoms with E-state index in [0.717, 1.165) is 5.56 Å². The van der Waals surface area contributed by atoms with E-state index in [1.807, 2.05) is 42.5 Å². The van der Waals surface area contributed by atoms with E-state index in [1.54, 1.807) is 23.9 Å². The monoisotopic (exact) mass is 377 g/mol. The van der Waals surface area contributed by atoms with Crippen molar-refractivity contribution in [3.05, 3.63) is 72.3 Å². The lowest BCUT2D eigenvalue weighted by Gasteiger charge is -2.19. The summed E-state index contributed by atoms with van der Waals surface area (Å²) in [6.45, 7) is 0.543. The number of aromatic nitrogens is 3. The molecule has 0 saturated carbocycles. The van der Waals surface area contributed by atoms with E-state index in [4.69, 9.17) is 4.74 Å². The van der Waals surface area contributed by atoms with Gasteiger partial charge >= 0.3 is 0 Å². The van der Waals surface area contributed by atoms with Gasteiger partial charge in [0.25, 0.3) is 11.8 Å². The smallest absolute Gasteiger partial charge is 0.291 e. The van der Waals surface area contributed by atoms with Gasteiger partial charge in [0.1, 0.15) is 24.7 Å². The number of benzene rings is 2. The molecule has 0 aliphatic carbocycles. The van der Waals surface area contributed by atoms with Crippen LogP contribution in [0.4, 0.5) is 5.69 Å². The summed E-state index contributed by atoms with van der Waals surface area (Å²) in [4.78, 5) is 30.8. The standard InChI is InChI=1S/C20H19N5O3/c1-24-16-9-5-6-10-17(16)28-12-15(20(24)27)22-19(26)18-21-13-25(23-18)11-14-7-3-2-4-8-14/h2-10,13,15H,11-12H2,1H3,(H,22,26). The van der Waals surface area contributed by atoms with Crippen molar-refractivity contribution in [2.24, 2.45) is 0 Å². The third-order valence-electron chi connectivity index (χ3n) is 4.49. The van der Waals surface area contributed by atoms with E-state index < -0.39 is 11.9 Å². The van der Waals surface area contributed by atoms with Crippen molar-refractivity contribution >= 4 is 17.5 Å². The number of anilines is 1. The van der Waals surface area contributed by atoms with Crippen LogP contribution < -0.4 is 15.0 Å². The number of nitrogens with one attached hydrogen (secondary N) is 1. The minimum atomic E-state index is -0.828. The molecule has 1 aromatic heterocycles. The first-order chi connectivity index (χ1) is 13.6. The van der Waals surface area contributed by atoms with Gasteiger partial charge in [0.05, 0.1) is 12.2 Å². The summed E-state index contributed by atoms with van der Waals surface area (Å²) in [6, 6.07) is 16.2. The molecule has 28 heavy (non-hydrogen) atoms. The van der Waals surface area contributed by atoms with E-state index in [-0.39, 0.29) is 18.3 Å². The molecule has 8 nitrogen and oxygen atoms in total. The molecule has 1 atom stereocenters. The van der Waals surface area contributed by atoms with Gasteiger partial charge in [0, 0.05) is 7.05 Å². The van der Waals surface area contributed by atoms with Crippen molar-refractivity contribution < 1.29 is 14.3 Å². The minimum Gasteiger partial charge on any atom is -0.489 e. The number of amides is 2. The molecule has 0 saturated heterocycles. The Morgan fingerprint density at radius 2 is 1.93 bits per heavy atom. The van der Waals surface area contributed by atoms with Crippen molar-refractivity contribution in [1.82, 2.24) is 20.1 Å². The highest BCUT2D eigenvalue weighted by Gasteiger charge is 2.31. The van der Waals surface area contributed by atoms with Crippen LogP contribution >= 0.6 is 0 Å². The largest absolute Gasteiger partial charge is 0.489 e. The molecule has 8 heteroatoms. The average Bonchev–Trinajstić information content (AvgIpc) is 3.15. The third kappa shape index (κ3) is 3.57. The quantitative estimate of drug-likeness (QED) is 0.744. The third-order valence-corrected chi connectivity index (χ3v) is 4.49. The van der Waals surface area contributed by atoms with Crippen LogP contribution in [-0.4, -0.2) is 46.3 Å². The molecule has 142 valence electrons. The van der Waals surface area contributed by atoms with Gasteiger partial charge in [-0.3, -0.25) is 9.59 Å². The number of carbonyl (C=O) groups excluding carboxylic acids is 2. The van der Waals surface area contributed by atoms with Crippen molar-refractivity contribution in [3.8, 4) is 5.75 Å². The van der Waals surface area contributed by atoms with Crippen LogP contribution in [0.3, 0.4) is 0 Å². The molecular weight excluding hydrogens is 358 g/mol. The molecule has 0 bridgehead atoms. The molecule has 1 unspecified atom stereocenters. The maximum atomic E-state index is 12.7. The molecule has 4 rings (SSSR count). The molecule has 1 N–H and O–H groups in total. The van der Waals surface area contributed by atoms with Gasteiger partial charge in [-0.2, -0.15) is 0 Å². The van der Waals surface area contributed by atoms with Crippen molar-refractivity contribution in [3.63, 3.8) is 0 Å². The van der Waals surface area contributed by atoms with Crippen LogP contribution in [-0.2, 0) is 11.3 Å². The summed E-state index contributed by atoms with van der Waals surface area (Å²) >= 11 is 0. The number of carbonyl (C=O) groups is 2. The van der Waals surface area contributed by atoms with Gasteiger partial charge in [0.15, 0.2) is 0 Å². The number of para-hydroxylation sites is 2. The highest BCUT2D eigenvalue weighted by atomic mass is 16.5. The Kier molecular flexibility index (Phi) is 4.76. The number of likely N-dealkylation sites (N-methyl/N-ethyl adjacent to an activating group) is 1. The van der Waals surface area contributed by atoms with Crippen LogP contribution in [0.25, 0.3) is 0 Å². The summed E-state index contributed by atoms with van der Waals surface area (Å²) < 4.78 is 7.28. The van der Waals surface area contributed by atoms with Gasteiger partial charge in [-0.25, -0.2) is 9.67 Å². The molecule has 2 aromatic carbocycles. The Hall–Kier alpha value is -3.68. The second-order valence-corrected chi connectivity index (χ2v) is 6.45. The zero-order valence-electron chi connectivity index (χ0n) is 15.3. The summed E-state index contributed by atoms with van der Waals surface area (Å²) in [7, 11) is 1.65. The van der Waals surface area contributed by atoms with Gasteiger partial charge in [0.2, 0.25) is 5.82 Å². The van der Waals surface area contributed by atoms with Crippen LogP contribution in [0, 0.1) is 0 Å². The predicted molar refractivity (Wildman–Crippen MR) is 102 cm³/mol. The van der Waals surface area contributed by atoms with E-state index in [1.165, 1.54) is 11.2 Å². The second kappa shape index (κ2) is 7.51. The topological polar surface area (TPSA) is 89.4 Å². The van der Waals surface area contributed by atoms with Gasteiger partial charge in [-0.05, 0) is 17.7 Å². The summed E-state index contributed by atoms with van der Waals surface area (Å²) in [5, 5.41) is 6.88. The Balaban J connectivity index is 1.45. The summed E-state index contributed by atoms with van der Waals surface area (Å²) in [5.74, 6) is -0.177. The van der Waals surface area contributed by atoms with E-state index in [2.05, 4.69) is 15.4 Å². The van der Waals surface area contributed by atoms with Crippen LogP contribution in [0.15, 0.2) is 60.9 Å². The maximum absolute atomic E-state index is 12.7. The SMILES string of the molecule is CN1C(=O)C(NC(=O)c2ncn(Cc3ccccc3)n2)COc2ccccc21. The molecule has 1 aliphatic rings. The van der Waals surface area contributed by atoms with Crippen LogP contribution in [0.1, 0.15) is 16.2 Å². The Morgan fingerprint density at radius 1 is 1.18 bits per heavy atom. The van der Waals surface area contributed by atoms with Crippen molar-refractivity contribution in [2.75, 3.05) is 18.6 Å². The van der Waals surface area contributed by atoms with E-state index >= 15 is 0 Å². The zero-order valence-corrected chi connectivity index (χ0v) is 15.3. The Morgan fingerprint density at radius 3 is 2.75 bits per heavy atom. The lowest BCUT2D eigenvalue weighted by atomic mass is 10.2. The fourth-order valence-electron chi connectivity index (χ4n) is 3.02. The maximum Gasteiger partial charge on any atom is 0.291 e. The second-order valence-electron chi connectivity index (χ2n) is 6.45. The highest BCUT2D eigenvalue weighted by Crippen LogP contribution is 2.29.